The van der Waals surface area contributed by atoms with E-state index in [0.717, 1.165) is 11.1 Å². The minimum absolute atomic E-state index is 0.230. The van der Waals surface area contributed by atoms with E-state index in [1.807, 2.05) is 39.0 Å². The summed E-state index contributed by atoms with van der Waals surface area (Å²) in [6.45, 7) is 7.59. The van der Waals surface area contributed by atoms with Crippen LogP contribution in [0.5, 0.6) is 0 Å². The Hall–Kier alpha value is -2.04. The highest BCUT2D eigenvalue weighted by Crippen LogP contribution is 2.27. The van der Waals surface area contributed by atoms with Crippen molar-refractivity contribution in [1.29, 1.82) is 0 Å². The van der Waals surface area contributed by atoms with Crippen molar-refractivity contribution in [1.82, 2.24) is 0 Å². The van der Waals surface area contributed by atoms with Crippen LogP contribution in [-0.2, 0) is 9.53 Å². The number of nitrogens with one attached hydrogen (secondary N) is 1. The number of aliphatic carboxylic acids is 1. The fourth-order valence-corrected chi connectivity index (χ4v) is 1.91. The first kappa shape index (κ1) is 16.0. The molecule has 0 spiro atoms. The van der Waals surface area contributed by atoms with Gasteiger partial charge in [0.25, 0.3) is 0 Å². The highest BCUT2D eigenvalue weighted by molar-refractivity contribution is 5.88. The summed E-state index contributed by atoms with van der Waals surface area (Å²) in [5, 5.41) is 11.5. The smallest absolute Gasteiger partial charge is 0.412 e. The number of benzene rings is 1. The third-order valence-electron chi connectivity index (χ3n) is 3.05. The number of hydrogen-bond donors (Lipinski definition) is 2. The number of ether oxygens (including phenoxy) is 1. The summed E-state index contributed by atoms with van der Waals surface area (Å²) in [7, 11) is 0. The summed E-state index contributed by atoms with van der Waals surface area (Å²) in [5.41, 5.74) is 2.59. The molecule has 1 atom stereocenters. The van der Waals surface area contributed by atoms with Gasteiger partial charge in [0.1, 0.15) is 0 Å². The molecule has 0 bridgehead atoms. The van der Waals surface area contributed by atoms with E-state index in [1.54, 1.807) is 6.92 Å². The van der Waals surface area contributed by atoms with Gasteiger partial charge in [-0.15, -0.1) is 0 Å². The van der Waals surface area contributed by atoms with Gasteiger partial charge in [0.05, 0.1) is 5.69 Å². The molecule has 0 aliphatic rings. The Morgan fingerprint density at radius 3 is 2.50 bits per heavy atom. The molecule has 1 aromatic rings. The molecule has 0 saturated carbocycles. The van der Waals surface area contributed by atoms with Gasteiger partial charge >= 0.3 is 12.1 Å². The molecule has 0 fully saturated rings. The van der Waals surface area contributed by atoms with Crippen molar-refractivity contribution in [3.63, 3.8) is 0 Å². The second-order valence-corrected chi connectivity index (χ2v) is 4.96. The van der Waals surface area contributed by atoms with Crippen LogP contribution in [0.1, 0.15) is 44.2 Å². The standard InChI is InChI=1S/C15H21NO4/c1-5-12(14(17)18)20-15(19)16-13-10(4)7-6-8-11(13)9(2)3/h6-9,12H,5H2,1-4H3,(H,16,19)(H,17,18). The van der Waals surface area contributed by atoms with Crippen LogP contribution in [0, 0.1) is 6.92 Å². The van der Waals surface area contributed by atoms with Crippen LogP contribution in [0.4, 0.5) is 10.5 Å². The zero-order valence-corrected chi connectivity index (χ0v) is 12.3. The number of carboxylic acid groups (broad SMARTS) is 1. The molecule has 1 rings (SSSR count). The predicted octanol–water partition coefficient (Wildman–Crippen LogP) is 3.53. The highest BCUT2D eigenvalue weighted by atomic mass is 16.6. The predicted molar refractivity (Wildman–Crippen MR) is 77.1 cm³/mol. The Morgan fingerprint density at radius 1 is 1.35 bits per heavy atom. The van der Waals surface area contributed by atoms with Crippen LogP contribution in [0.2, 0.25) is 0 Å². The molecule has 110 valence electrons. The third kappa shape index (κ3) is 3.98. The quantitative estimate of drug-likeness (QED) is 0.864. The number of rotatable bonds is 5. The van der Waals surface area contributed by atoms with Gasteiger partial charge in [-0.3, -0.25) is 5.32 Å². The van der Waals surface area contributed by atoms with Crippen molar-refractivity contribution >= 4 is 17.7 Å². The SMILES string of the molecule is CCC(OC(=O)Nc1c(C)cccc1C(C)C)C(=O)O. The van der Waals surface area contributed by atoms with Crippen LogP contribution in [-0.4, -0.2) is 23.3 Å². The van der Waals surface area contributed by atoms with Gasteiger partial charge in [0, 0.05) is 0 Å². The first-order valence-corrected chi connectivity index (χ1v) is 6.66. The van der Waals surface area contributed by atoms with Gasteiger partial charge in [-0.2, -0.15) is 0 Å². The third-order valence-corrected chi connectivity index (χ3v) is 3.05. The molecule has 0 aliphatic heterocycles. The molecule has 2 N–H and O–H groups in total. The second-order valence-electron chi connectivity index (χ2n) is 4.96. The fourth-order valence-electron chi connectivity index (χ4n) is 1.91. The maximum Gasteiger partial charge on any atom is 0.412 e. The molecule has 1 unspecified atom stereocenters. The summed E-state index contributed by atoms with van der Waals surface area (Å²) < 4.78 is 4.91. The zero-order chi connectivity index (χ0) is 15.3. The van der Waals surface area contributed by atoms with Gasteiger partial charge < -0.3 is 9.84 Å². The van der Waals surface area contributed by atoms with Crippen molar-refractivity contribution in [2.75, 3.05) is 5.32 Å². The normalized spacial score (nSPS) is 12.1. The molecular formula is C15H21NO4. The Balaban J connectivity index is 2.88. The molecule has 0 radical (unpaired) electrons. The number of hydrogen-bond acceptors (Lipinski definition) is 3. The lowest BCUT2D eigenvalue weighted by Crippen LogP contribution is -2.29. The molecule has 0 saturated heterocycles. The molecule has 1 aromatic carbocycles. The van der Waals surface area contributed by atoms with E-state index in [4.69, 9.17) is 9.84 Å². The summed E-state index contributed by atoms with van der Waals surface area (Å²) in [4.78, 5) is 22.7. The monoisotopic (exact) mass is 279 g/mol. The second kappa shape index (κ2) is 6.93. The average Bonchev–Trinajstić information content (AvgIpc) is 2.37. The minimum atomic E-state index is -1.14. The Kier molecular flexibility index (Phi) is 5.55. The van der Waals surface area contributed by atoms with Gasteiger partial charge in [-0.1, -0.05) is 39.0 Å². The van der Waals surface area contributed by atoms with Crippen LogP contribution >= 0.6 is 0 Å². The maximum absolute atomic E-state index is 11.8. The van der Waals surface area contributed by atoms with Crippen LogP contribution < -0.4 is 5.32 Å². The van der Waals surface area contributed by atoms with Gasteiger partial charge in [0.15, 0.2) is 6.10 Å². The molecule has 0 heterocycles. The first-order valence-electron chi connectivity index (χ1n) is 6.66. The largest absolute Gasteiger partial charge is 0.479 e. The van der Waals surface area contributed by atoms with Crippen LogP contribution in [0.3, 0.4) is 0 Å². The lowest BCUT2D eigenvalue weighted by atomic mass is 9.98. The maximum atomic E-state index is 11.8. The number of carbonyl (C=O) groups excluding carboxylic acids is 1. The lowest BCUT2D eigenvalue weighted by Gasteiger charge is -2.18. The molecule has 5 nitrogen and oxygen atoms in total. The number of carbonyl (C=O) groups is 2. The molecule has 5 heteroatoms. The summed E-state index contributed by atoms with van der Waals surface area (Å²) in [6, 6.07) is 5.74. The van der Waals surface area contributed by atoms with E-state index in [1.165, 1.54) is 0 Å². The zero-order valence-electron chi connectivity index (χ0n) is 12.3. The Labute approximate surface area is 118 Å². The summed E-state index contributed by atoms with van der Waals surface area (Å²) >= 11 is 0. The topological polar surface area (TPSA) is 75.6 Å². The van der Waals surface area contributed by atoms with Crippen molar-refractivity contribution in [2.24, 2.45) is 0 Å². The fraction of sp³-hybridized carbons (Fsp3) is 0.467. The van der Waals surface area contributed by atoms with Crippen molar-refractivity contribution in [3.8, 4) is 0 Å². The van der Waals surface area contributed by atoms with Crippen molar-refractivity contribution < 1.29 is 19.4 Å². The van der Waals surface area contributed by atoms with Crippen molar-refractivity contribution in [3.05, 3.63) is 29.3 Å². The molecular weight excluding hydrogens is 258 g/mol. The Morgan fingerprint density at radius 2 is 2.00 bits per heavy atom. The van der Waals surface area contributed by atoms with Gasteiger partial charge in [-0.25, -0.2) is 9.59 Å². The molecule has 0 aromatic heterocycles. The number of aryl methyl sites for hydroxylation is 1. The van der Waals surface area contributed by atoms with Crippen molar-refractivity contribution in [2.45, 2.75) is 46.1 Å². The van der Waals surface area contributed by atoms with Crippen LogP contribution in [0.25, 0.3) is 0 Å². The molecule has 0 aliphatic carbocycles. The van der Waals surface area contributed by atoms with E-state index in [2.05, 4.69) is 5.32 Å². The number of anilines is 1. The Bertz CT molecular complexity index is 497. The number of amides is 1. The van der Waals surface area contributed by atoms with E-state index in [0.29, 0.717) is 5.69 Å². The number of carboxylic acids is 1. The average molecular weight is 279 g/mol. The first-order chi connectivity index (χ1) is 9.36. The van der Waals surface area contributed by atoms with Gasteiger partial charge in [-0.05, 0) is 30.4 Å². The lowest BCUT2D eigenvalue weighted by molar-refractivity contribution is -0.146. The molecule has 20 heavy (non-hydrogen) atoms. The van der Waals surface area contributed by atoms with Gasteiger partial charge in [0.2, 0.25) is 0 Å². The van der Waals surface area contributed by atoms with E-state index in [9.17, 15) is 9.59 Å². The number of para-hydroxylation sites is 1. The van der Waals surface area contributed by atoms with E-state index >= 15 is 0 Å². The molecule has 1 amide bonds. The van der Waals surface area contributed by atoms with Crippen LogP contribution in [0.15, 0.2) is 18.2 Å². The minimum Gasteiger partial charge on any atom is -0.479 e. The van der Waals surface area contributed by atoms with E-state index < -0.39 is 18.2 Å². The summed E-state index contributed by atoms with van der Waals surface area (Å²) in [5.74, 6) is -0.900. The van der Waals surface area contributed by atoms with E-state index in [-0.39, 0.29) is 12.3 Å². The highest BCUT2D eigenvalue weighted by Gasteiger charge is 2.21. The summed E-state index contributed by atoms with van der Waals surface area (Å²) in [6.07, 6.45) is -1.63.